The molecule has 2 aromatic rings. The van der Waals surface area contributed by atoms with Gasteiger partial charge < -0.3 is 25.0 Å². The zero-order valence-corrected chi connectivity index (χ0v) is 15.2. The van der Waals surface area contributed by atoms with Gasteiger partial charge in [-0.1, -0.05) is 0 Å². The number of amides is 2. The second-order valence-electron chi connectivity index (χ2n) is 6.90. The van der Waals surface area contributed by atoms with Crippen LogP contribution in [0.25, 0.3) is 0 Å². The van der Waals surface area contributed by atoms with Gasteiger partial charge in [-0.15, -0.1) is 0 Å². The van der Waals surface area contributed by atoms with Crippen molar-refractivity contribution in [1.82, 2.24) is 5.32 Å². The first-order chi connectivity index (χ1) is 13.0. The molecule has 0 bridgehead atoms. The largest absolute Gasteiger partial charge is 0.454 e. The highest BCUT2D eigenvalue weighted by atomic mass is 16.7. The van der Waals surface area contributed by atoms with Crippen LogP contribution in [0.1, 0.15) is 33.6 Å². The number of anilines is 2. The normalized spacial score (nSPS) is 14.6. The third-order valence-corrected chi connectivity index (χ3v) is 4.53. The topological polar surface area (TPSA) is 79.9 Å². The van der Waals surface area contributed by atoms with Gasteiger partial charge in [0, 0.05) is 37.1 Å². The van der Waals surface area contributed by atoms with E-state index < -0.39 is 0 Å². The molecule has 0 radical (unpaired) electrons. The Bertz CT molecular complexity index is 906. The monoisotopic (exact) mass is 367 g/mol. The zero-order chi connectivity index (χ0) is 19.0. The fraction of sp³-hybridized carbons (Fsp3) is 0.300. The van der Waals surface area contributed by atoms with Crippen molar-refractivity contribution in [3.05, 3.63) is 47.5 Å². The van der Waals surface area contributed by atoms with Crippen LogP contribution < -0.4 is 25.0 Å². The van der Waals surface area contributed by atoms with Crippen molar-refractivity contribution in [3.8, 4) is 11.5 Å². The second-order valence-corrected chi connectivity index (χ2v) is 6.90. The summed E-state index contributed by atoms with van der Waals surface area (Å²) in [5.74, 6) is 0.774. The van der Waals surface area contributed by atoms with E-state index in [2.05, 4.69) is 10.6 Å². The molecule has 1 aliphatic heterocycles. The van der Waals surface area contributed by atoms with Gasteiger partial charge >= 0.3 is 0 Å². The van der Waals surface area contributed by atoms with Crippen molar-refractivity contribution < 1.29 is 19.1 Å². The predicted octanol–water partition coefficient (Wildman–Crippen LogP) is 2.63. The molecule has 140 valence electrons. The van der Waals surface area contributed by atoms with Crippen molar-refractivity contribution in [2.75, 3.05) is 31.1 Å². The molecule has 0 atom stereocenters. The van der Waals surface area contributed by atoms with Crippen molar-refractivity contribution in [3.63, 3.8) is 0 Å². The molecule has 1 saturated carbocycles. The van der Waals surface area contributed by atoms with Crippen LogP contribution in [0.5, 0.6) is 11.5 Å². The minimum absolute atomic E-state index is 0.125. The lowest BCUT2D eigenvalue weighted by Crippen LogP contribution is -2.27. The molecule has 4 rings (SSSR count). The molecule has 2 N–H and O–H groups in total. The molecule has 27 heavy (non-hydrogen) atoms. The van der Waals surface area contributed by atoms with E-state index in [-0.39, 0.29) is 24.6 Å². The average molecular weight is 367 g/mol. The maximum atomic E-state index is 12.6. The van der Waals surface area contributed by atoms with Crippen LogP contribution in [-0.2, 0) is 0 Å². The van der Waals surface area contributed by atoms with Gasteiger partial charge in [-0.25, -0.2) is 0 Å². The van der Waals surface area contributed by atoms with Crippen molar-refractivity contribution in [1.29, 1.82) is 0 Å². The third kappa shape index (κ3) is 3.67. The van der Waals surface area contributed by atoms with E-state index in [9.17, 15) is 9.59 Å². The summed E-state index contributed by atoms with van der Waals surface area (Å²) in [6.45, 7) is 0.159. The zero-order valence-electron chi connectivity index (χ0n) is 15.2. The number of hydrogen-bond donors (Lipinski definition) is 2. The molecule has 7 nitrogen and oxygen atoms in total. The molecule has 7 heteroatoms. The van der Waals surface area contributed by atoms with Crippen LogP contribution in [0.4, 0.5) is 11.4 Å². The van der Waals surface area contributed by atoms with Gasteiger partial charge in [-0.2, -0.15) is 0 Å². The van der Waals surface area contributed by atoms with Crippen LogP contribution in [0.3, 0.4) is 0 Å². The number of carbonyl (C=O) groups is 2. The molecule has 2 amide bonds. The second kappa shape index (κ2) is 6.83. The Hall–Kier alpha value is -3.22. The number of carbonyl (C=O) groups excluding carboxylic acids is 2. The number of ether oxygens (including phenoxy) is 2. The lowest BCUT2D eigenvalue weighted by atomic mass is 10.1. The standard InChI is InChI=1S/C20H21N3O4/c1-23(2)16-7-6-14(10-15(16)20(25)21-13-4-5-13)22-19(24)12-3-8-17-18(9-12)27-11-26-17/h3,6-10,13H,4-5,11H2,1-2H3,(H,21,25)(H,22,24). The molecule has 0 aromatic heterocycles. The first-order valence-corrected chi connectivity index (χ1v) is 8.84. The molecule has 2 aliphatic rings. The molecular weight excluding hydrogens is 346 g/mol. The number of fused-ring (bicyclic) bond motifs is 1. The van der Waals surface area contributed by atoms with Crippen LogP contribution in [-0.4, -0.2) is 38.7 Å². The summed E-state index contributed by atoms with van der Waals surface area (Å²) in [6.07, 6.45) is 2.03. The molecule has 0 saturated heterocycles. The number of rotatable bonds is 5. The number of hydrogen-bond acceptors (Lipinski definition) is 5. The molecular formula is C20H21N3O4. The summed E-state index contributed by atoms with van der Waals surface area (Å²) in [7, 11) is 3.77. The van der Waals surface area contributed by atoms with Crippen LogP contribution >= 0.6 is 0 Å². The van der Waals surface area contributed by atoms with Gasteiger partial charge in [0.05, 0.1) is 5.56 Å². The van der Waals surface area contributed by atoms with Crippen molar-refractivity contribution in [2.24, 2.45) is 0 Å². The van der Waals surface area contributed by atoms with E-state index in [1.165, 1.54) is 0 Å². The first-order valence-electron chi connectivity index (χ1n) is 8.84. The van der Waals surface area contributed by atoms with Gasteiger partial charge in [0.15, 0.2) is 11.5 Å². The lowest BCUT2D eigenvalue weighted by molar-refractivity contribution is 0.0950. The van der Waals surface area contributed by atoms with Gasteiger partial charge in [0.25, 0.3) is 11.8 Å². The Morgan fingerprint density at radius 3 is 2.52 bits per heavy atom. The molecule has 1 fully saturated rings. The van der Waals surface area contributed by atoms with Crippen LogP contribution in [0.15, 0.2) is 36.4 Å². The Kier molecular flexibility index (Phi) is 4.35. The average Bonchev–Trinajstić information content (AvgIpc) is 3.34. The third-order valence-electron chi connectivity index (χ3n) is 4.53. The summed E-state index contributed by atoms with van der Waals surface area (Å²) in [4.78, 5) is 27.0. The van der Waals surface area contributed by atoms with Crippen molar-refractivity contribution >= 4 is 23.2 Å². The maximum Gasteiger partial charge on any atom is 0.255 e. The molecule has 1 heterocycles. The predicted molar refractivity (Wildman–Crippen MR) is 102 cm³/mol. The number of nitrogens with one attached hydrogen (secondary N) is 2. The molecule has 0 spiro atoms. The Morgan fingerprint density at radius 1 is 1.00 bits per heavy atom. The highest BCUT2D eigenvalue weighted by molar-refractivity contribution is 6.06. The van der Waals surface area contributed by atoms with E-state index >= 15 is 0 Å². The fourth-order valence-corrected chi connectivity index (χ4v) is 2.92. The smallest absolute Gasteiger partial charge is 0.255 e. The Balaban J connectivity index is 1.56. The highest BCUT2D eigenvalue weighted by Gasteiger charge is 2.25. The van der Waals surface area contributed by atoms with Crippen molar-refractivity contribution in [2.45, 2.75) is 18.9 Å². The highest BCUT2D eigenvalue weighted by Crippen LogP contribution is 2.33. The van der Waals surface area contributed by atoms with Gasteiger partial charge in [0.2, 0.25) is 6.79 Å². The van der Waals surface area contributed by atoms with E-state index in [1.54, 1.807) is 30.3 Å². The van der Waals surface area contributed by atoms with E-state index in [0.29, 0.717) is 28.3 Å². The fourth-order valence-electron chi connectivity index (χ4n) is 2.92. The first kappa shape index (κ1) is 17.2. The van der Waals surface area contributed by atoms with E-state index in [1.807, 2.05) is 25.1 Å². The van der Waals surface area contributed by atoms with E-state index in [0.717, 1.165) is 18.5 Å². The molecule has 0 unspecified atom stereocenters. The maximum absolute atomic E-state index is 12.6. The minimum atomic E-state index is -0.278. The Morgan fingerprint density at radius 2 is 1.78 bits per heavy atom. The quantitative estimate of drug-likeness (QED) is 0.849. The lowest BCUT2D eigenvalue weighted by Gasteiger charge is -2.18. The summed E-state index contributed by atoms with van der Waals surface area (Å²) in [5.41, 5.74) is 2.36. The van der Waals surface area contributed by atoms with Gasteiger partial charge in [0.1, 0.15) is 0 Å². The molecule has 1 aliphatic carbocycles. The summed E-state index contributed by atoms with van der Waals surface area (Å²) in [5, 5.41) is 5.84. The summed E-state index contributed by atoms with van der Waals surface area (Å²) < 4.78 is 10.6. The number of benzene rings is 2. The van der Waals surface area contributed by atoms with E-state index in [4.69, 9.17) is 9.47 Å². The summed E-state index contributed by atoms with van der Waals surface area (Å²) in [6, 6.07) is 10.6. The van der Waals surface area contributed by atoms with Crippen LogP contribution in [0.2, 0.25) is 0 Å². The SMILES string of the molecule is CN(C)c1ccc(NC(=O)c2ccc3c(c2)OCO3)cc1C(=O)NC1CC1. The Labute approximate surface area is 157 Å². The molecule has 2 aromatic carbocycles. The summed E-state index contributed by atoms with van der Waals surface area (Å²) >= 11 is 0. The number of nitrogens with zero attached hydrogens (tertiary/aromatic N) is 1. The van der Waals surface area contributed by atoms with Crippen LogP contribution in [0, 0.1) is 0 Å². The van der Waals surface area contributed by atoms with Gasteiger partial charge in [-0.3, -0.25) is 9.59 Å². The minimum Gasteiger partial charge on any atom is -0.454 e. The van der Waals surface area contributed by atoms with Gasteiger partial charge in [-0.05, 0) is 49.2 Å².